The summed E-state index contributed by atoms with van der Waals surface area (Å²) in [4.78, 5) is 39.8. The van der Waals surface area contributed by atoms with Gasteiger partial charge in [-0.05, 0) is 13.0 Å². The highest BCUT2D eigenvalue weighted by Gasteiger charge is 2.63. The maximum Gasteiger partial charge on any atom is 0.235 e. The van der Waals surface area contributed by atoms with Gasteiger partial charge in [-0.3, -0.25) is 24.3 Å². The molecular weight excluding hydrogens is 306 g/mol. The molecule has 2 fully saturated rings. The number of fused-ring (bicyclic) bond motifs is 3. The summed E-state index contributed by atoms with van der Waals surface area (Å²) >= 11 is 0. The van der Waals surface area contributed by atoms with Crippen molar-refractivity contribution in [2.45, 2.75) is 19.0 Å². The van der Waals surface area contributed by atoms with Crippen molar-refractivity contribution in [1.29, 1.82) is 0 Å². The first-order valence-electron chi connectivity index (χ1n) is 8.08. The topological polar surface area (TPSA) is 70.1 Å². The van der Waals surface area contributed by atoms with Gasteiger partial charge in [-0.1, -0.05) is 36.4 Å². The lowest BCUT2D eigenvalue weighted by Crippen LogP contribution is -2.45. The van der Waals surface area contributed by atoms with Gasteiger partial charge in [-0.25, -0.2) is 0 Å². The molecule has 0 unspecified atom stereocenters. The van der Waals surface area contributed by atoms with E-state index in [0.717, 1.165) is 0 Å². The summed E-state index contributed by atoms with van der Waals surface area (Å²) in [6, 6.07) is 7.79. The smallest absolute Gasteiger partial charge is 0.235 e. The third kappa shape index (κ3) is 1.89. The lowest BCUT2D eigenvalue weighted by Gasteiger charge is -2.30. The fourth-order valence-electron chi connectivity index (χ4n) is 3.98. The van der Waals surface area contributed by atoms with Gasteiger partial charge in [0, 0.05) is 18.3 Å². The minimum Gasteiger partial charge on any atom is -0.292 e. The summed E-state index contributed by atoms with van der Waals surface area (Å²) < 4.78 is 0. The maximum atomic E-state index is 13.1. The van der Waals surface area contributed by atoms with Crippen molar-refractivity contribution in [3.8, 4) is 0 Å². The first-order chi connectivity index (χ1) is 11.6. The highest BCUT2D eigenvalue weighted by Crippen LogP contribution is 2.44. The molecule has 0 aromatic heterocycles. The summed E-state index contributed by atoms with van der Waals surface area (Å²) in [5, 5.41) is 5.93. The lowest BCUT2D eigenvalue weighted by atomic mass is 9.86. The van der Waals surface area contributed by atoms with E-state index in [4.69, 9.17) is 0 Å². The standard InChI is InChI=1S/C18H17N3O3/c1-2-20-17(23)13-12-9-6-10-19-21(12)15(14(13)18(20)24)16(22)11-7-4-3-5-8-11/h3-10,12-15H,2H2,1H3/t12-,13-,14-,15+/m0/s1. The number of nitrogens with zero attached hydrogens (tertiary/aromatic N) is 3. The Morgan fingerprint density at radius 1 is 1.12 bits per heavy atom. The number of carbonyl (C=O) groups is 3. The summed E-state index contributed by atoms with van der Waals surface area (Å²) in [7, 11) is 0. The molecule has 2 saturated heterocycles. The molecule has 0 radical (unpaired) electrons. The number of benzene rings is 1. The number of hydrazone groups is 1. The molecule has 2 amide bonds. The Labute approximate surface area is 139 Å². The van der Waals surface area contributed by atoms with Gasteiger partial charge < -0.3 is 0 Å². The van der Waals surface area contributed by atoms with Crippen LogP contribution in [0.25, 0.3) is 0 Å². The predicted octanol–water partition coefficient (Wildman–Crippen LogP) is 1.10. The van der Waals surface area contributed by atoms with Gasteiger partial charge in [0.05, 0.1) is 17.9 Å². The highest BCUT2D eigenvalue weighted by molar-refractivity contribution is 6.11. The van der Waals surface area contributed by atoms with Gasteiger partial charge in [-0.15, -0.1) is 0 Å². The van der Waals surface area contributed by atoms with E-state index in [2.05, 4.69) is 5.10 Å². The Hall–Kier alpha value is -2.76. The van der Waals surface area contributed by atoms with Crippen LogP contribution in [-0.4, -0.2) is 52.3 Å². The van der Waals surface area contributed by atoms with Crippen LogP contribution in [0.15, 0.2) is 47.6 Å². The van der Waals surface area contributed by atoms with Crippen LogP contribution in [0.1, 0.15) is 17.3 Å². The Balaban J connectivity index is 1.79. The van der Waals surface area contributed by atoms with Crippen LogP contribution in [0, 0.1) is 11.8 Å². The average molecular weight is 323 g/mol. The van der Waals surface area contributed by atoms with Crippen molar-refractivity contribution in [3.05, 3.63) is 48.0 Å². The number of rotatable bonds is 3. The molecule has 3 heterocycles. The SMILES string of the molecule is CCN1C(=O)[C@@H]2[C@H](C1=O)[C@H](C(=O)c1ccccc1)N1N=CC=C[C@@H]21. The Bertz CT molecular complexity index is 771. The second-order valence-electron chi connectivity index (χ2n) is 6.17. The molecule has 24 heavy (non-hydrogen) atoms. The first kappa shape index (κ1) is 14.8. The van der Waals surface area contributed by atoms with Crippen molar-refractivity contribution >= 4 is 23.8 Å². The quantitative estimate of drug-likeness (QED) is 0.617. The van der Waals surface area contributed by atoms with E-state index in [-0.39, 0.29) is 23.6 Å². The number of imide groups is 1. The third-order valence-electron chi connectivity index (χ3n) is 5.03. The highest BCUT2D eigenvalue weighted by atomic mass is 16.2. The number of likely N-dealkylation sites (tertiary alicyclic amines) is 1. The van der Waals surface area contributed by atoms with E-state index >= 15 is 0 Å². The number of carbonyl (C=O) groups excluding carboxylic acids is 3. The van der Waals surface area contributed by atoms with Gasteiger partial charge in [-0.2, -0.15) is 5.10 Å². The lowest BCUT2D eigenvalue weighted by molar-refractivity contribution is -0.141. The average Bonchev–Trinajstić information content (AvgIpc) is 3.08. The summed E-state index contributed by atoms with van der Waals surface area (Å²) in [5.41, 5.74) is 0.529. The summed E-state index contributed by atoms with van der Waals surface area (Å²) in [6.45, 7) is 2.11. The molecule has 0 saturated carbocycles. The third-order valence-corrected chi connectivity index (χ3v) is 5.03. The molecule has 0 bridgehead atoms. The zero-order valence-corrected chi connectivity index (χ0v) is 13.2. The van der Waals surface area contributed by atoms with Crippen LogP contribution in [0.3, 0.4) is 0 Å². The normalized spacial score (nSPS) is 30.7. The van der Waals surface area contributed by atoms with Crippen LogP contribution >= 0.6 is 0 Å². The minimum absolute atomic E-state index is 0.167. The molecule has 3 aliphatic heterocycles. The van der Waals surface area contributed by atoms with Gasteiger partial charge in [0.2, 0.25) is 11.8 Å². The number of ketones is 1. The molecule has 4 atom stereocenters. The monoisotopic (exact) mass is 323 g/mol. The van der Waals surface area contributed by atoms with Crippen LogP contribution in [0.2, 0.25) is 0 Å². The summed E-state index contributed by atoms with van der Waals surface area (Å²) in [6.07, 6.45) is 5.21. The predicted molar refractivity (Wildman–Crippen MR) is 87.2 cm³/mol. The molecule has 1 aromatic rings. The van der Waals surface area contributed by atoms with Crippen molar-refractivity contribution in [2.24, 2.45) is 16.9 Å². The number of hydrogen-bond donors (Lipinski definition) is 0. The van der Waals surface area contributed by atoms with E-state index < -0.39 is 17.9 Å². The van der Waals surface area contributed by atoms with Crippen LogP contribution in [0.5, 0.6) is 0 Å². The van der Waals surface area contributed by atoms with Crippen molar-refractivity contribution in [3.63, 3.8) is 0 Å². The first-order valence-corrected chi connectivity index (χ1v) is 8.08. The van der Waals surface area contributed by atoms with Crippen LogP contribution < -0.4 is 0 Å². The second kappa shape index (κ2) is 5.40. The molecule has 6 nitrogen and oxygen atoms in total. The minimum atomic E-state index is -0.739. The van der Waals surface area contributed by atoms with Crippen molar-refractivity contribution in [1.82, 2.24) is 9.91 Å². The zero-order valence-electron chi connectivity index (χ0n) is 13.2. The Morgan fingerprint density at radius 2 is 1.83 bits per heavy atom. The zero-order chi connectivity index (χ0) is 16.8. The number of allylic oxidation sites excluding steroid dienone is 1. The van der Waals surface area contributed by atoms with Gasteiger partial charge >= 0.3 is 0 Å². The molecule has 0 spiro atoms. The molecule has 1 aromatic carbocycles. The molecule has 0 N–H and O–H groups in total. The van der Waals surface area contributed by atoms with E-state index in [1.54, 1.807) is 48.5 Å². The fourth-order valence-corrected chi connectivity index (χ4v) is 3.98. The van der Waals surface area contributed by atoms with E-state index in [1.807, 2.05) is 12.1 Å². The van der Waals surface area contributed by atoms with E-state index in [0.29, 0.717) is 12.1 Å². The van der Waals surface area contributed by atoms with E-state index in [1.165, 1.54) is 4.90 Å². The molecule has 6 heteroatoms. The molecule has 0 aliphatic carbocycles. The van der Waals surface area contributed by atoms with E-state index in [9.17, 15) is 14.4 Å². The van der Waals surface area contributed by atoms with Crippen LogP contribution in [-0.2, 0) is 9.59 Å². The number of amides is 2. The number of Topliss-reactive ketones (excluding diaryl/α,β-unsaturated/α-hetero) is 1. The van der Waals surface area contributed by atoms with Gasteiger partial charge in [0.25, 0.3) is 0 Å². The summed E-state index contributed by atoms with van der Waals surface area (Å²) in [5.74, 6) is -1.84. The Kier molecular flexibility index (Phi) is 3.33. The van der Waals surface area contributed by atoms with Gasteiger partial charge in [0.1, 0.15) is 6.04 Å². The molecular formula is C18H17N3O3. The van der Waals surface area contributed by atoms with Crippen LogP contribution in [0.4, 0.5) is 0 Å². The second-order valence-corrected chi connectivity index (χ2v) is 6.17. The van der Waals surface area contributed by atoms with Gasteiger partial charge in [0.15, 0.2) is 5.78 Å². The number of hydrogen-bond acceptors (Lipinski definition) is 5. The molecule has 122 valence electrons. The Morgan fingerprint density at radius 3 is 2.54 bits per heavy atom. The largest absolute Gasteiger partial charge is 0.292 e. The molecule has 3 aliphatic rings. The molecule has 4 rings (SSSR count). The van der Waals surface area contributed by atoms with Crippen molar-refractivity contribution < 1.29 is 14.4 Å². The fraction of sp³-hybridized carbons (Fsp3) is 0.333. The maximum absolute atomic E-state index is 13.1. The van der Waals surface area contributed by atoms with Crippen molar-refractivity contribution in [2.75, 3.05) is 6.54 Å².